The highest BCUT2D eigenvalue weighted by molar-refractivity contribution is 7.75. The Bertz CT molecular complexity index is 140. The van der Waals surface area contributed by atoms with E-state index in [-0.39, 0.29) is 12.0 Å². The van der Waals surface area contributed by atoms with Gasteiger partial charge in [0.2, 0.25) is 5.91 Å². The molecule has 1 atom stereocenters. The molecule has 1 rings (SSSR count). The molecule has 1 fully saturated rings. The minimum Gasteiger partial charge on any atom is -0.340 e. The van der Waals surface area contributed by atoms with Gasteiger partial charge in [-0.15, -0.1) is 0 Å². The molecular weight excluding hydrogens is 150 g/mol. The largest absolute Gasteiger partial charge is 0.340 e. The molecule has 0 aromatic carbocycles. The maximum atomic E-state index is 10.8. The summed E-state index contributed by atoms with van der Waals surface area (Å²) in [7, 11) is 0. The van der Waals surface area contributed by atoms with Crippen LogP contribution >= 0.6 is 12.9 Å². The molecule has 0 aromatic rings. The normalized spacial score (nSPS) is 25.4. The number of carbonyl (C=O) groups is 1. The van der Waals surface area contributed by atoms with Gasteiger partial charge in [0.1, 0.15) is 0 Å². The van der Waals surface area contributed by atoms with Crippen molar-refractivity contribution in [2.24, 2.45) is 0 Å². The van der Waals surface area contributed by atoms with Crippen molar-refractivity contribution in [2.75, 3.05) is 13.1 Å². The molecule has 1 amide bonds. The van der Waals surface area contributed by atoms with Crippen molar-refractivity contribution in [1.29, 1.82) is 0 Å². The number of amides is 1. The molecule has 1 unspecified atom stereocenters. The van der Waals surface area contributed by atoms with Crippen molar-refractivity contribution < 1.29 is 8.98 Å². The number of hydrogen-bond acceptors (Lipinski definition) is 3. The molecule has 0 spiro atoms. The first-order chi connectivity index (χ1) is 4.74. The molecule has 10 heavy (non-hydrogen) atoms. The highest BCUT2D eigenvalue weighted by Gasteiger charge is 2.23. The van der Waals surface area contributed by atoms with Crippen LogP contribution in [0.25, 0.3) is 0 Å². The maximum absolute atomic E-state index is 10.8. The third-order valence-electron chi connectivity index (χ3n) is 1.74. The Hall–Kier alpha value is -0.220. The minimum atomic E-state index is 0.118. The molecule has 1 saturated heterocycles. The molecule has 0 bridgehead atoms. The van der Waals surface area contributed by atoms with E-state index in [0.29, 0.717) is 6.54 Å². The Balaban J connectivity index is 2.35. The van der Waals surface area contributed by atoms with Gasteiger partial charge in [0.25, 0.3) is 0 Å². The lowest BCUT2D eigenvalue weighted by molar-refractivity contribution is -0.128. The zero-order valence-electron chi connectivity index (χ0n) is 5.91. The van der Waals surface area contributed by atoms with E-state index in [2.05, 4.69) is 12.9 Å². The second kappa shape index (κ2) is 3.25. The standard InChI is InChI=1S/C6H11NO2S/c1-5(8)7-3-2-6(4-7)9-10/h6,10H,2-4H2,1H3. The van der Waals surface area contributed by atoms with Gasteiger partial charge >= 0.3 is 0 Å². The smallest absolute Gasteiger partial charge is 0.219 e. The minimum absolute atomic E-state index is 0.118. The van der Waals surface area contributed by atoms with Gasteiger partial charge in [0.15, 0.2) is 0 Å². The van der Waals surface area contributed by atoms with Crippen LogP contribution in [0.5, 0.6) is 0 Å². The molecule has 58 valence electrons. The van der Waals surface area contributed by atoms with E-state index >= 15 is 0 Å². The van der Waals surface area contributed by atoms with Crippen LogP contribution in [0.1, 0.15) is 13.3 Å². The summed E-state index contributed by atoms with van der Waals surface area (Å²) in [6.07, 6.45) is 1.04. The van der Waals surface area contributed by atoms with Crippen LogP contribution in [-0.2, 0) is 8.98 Å². The van der Waals surface area contributed by atoms with Crippen LogP contribution in [0.3, 0.4) is 0 Å². The van der Waals surface area contributed by atoms with Crippen molar-refractivity contribution in [3.05, 3.63) is 0 Å². The van der Waals surface area contributed by atoms with Gasteiger partial charge < -0.3 is 9.08 Å². The van der Waals surface area contributed by atoms with E-state index in [0.717, 1.165) is 13.0 Å². The lowest BCUT2D eigenvalue weighted by Crippen LogP contribution is -2.26. The van der Waals surface area contributed by atoms with Crippen molar-refractivity contribution in [3.8, 4) is 0 Å². The molecule has 3 nitrogen and oxygen atoms in total. The van der Waals surface area contributed by atoms with Crippen LogP contribution in [-0.4, -0.2) is 30.0 Å². The molecule has 1 heterocycles. The van der Waals surface area contributed by atoms with Crippen LogP contribution in [0.2, 0.25) is 0 Å². The Labute approximate surface area is 66.0 Å². The van der Waals surface area contributed by atoms with E-state index in [1.54, 1.807) is 11.8 Å². The molecule has 4 heteroatoms. The van der Waals surface area contributed by atoms with Crippen molar-refractivity contribution in [2.45, 2.75) is 19.4 Å². The van der Waals surface area contributed by atoms with E-state index in [4.69, 9.17) is 4.18 Å². The fourth-order valence-corrected chi connectivity index (χ4v) is 1.27. The van der Waals surface area contributed by atoms with Crippen LogP contribution < -0.4 is 0 Å². The average Bonchev–Trinajstić information content (AvgIpc) is 2.34. The maximum Gasteiger partial charge on any atom is 0.219 e. The Morgan fingerprint density at radius 3 is 2.80 bits per heavy atom. The molecule has 0 aliphatic carbocycles. The Morgan fingerprint density at radius 2 is 2.50 bits per heavy atom. The summed E-state index contributed by atoms with van der Waals surface area (Å²) in [6, 6.07) is 0. The summed E-state index contributed by atoms with van der Waals surface area (Å²) < 4.78 is 4.79. The van der Waals surface area contributed by atoms with E-state index in [9.17, 15) is 4.79 Å². The Kier molecular flexibility index (Phi) is 2.56. The molecular formula is C6H11NO2S. The van der Waals surface area contributed by atoms with Crippen LogP contribution in [0.15, 0.2) is 0 Å². The zero-order valence-corrected chi connectivity index (χ0v) is 6.80. The summed E-state index contributed by atoms with van der Waals surface area (Å²) in [4.78, 5) is 12.5. The van der Waals surface area contributed by atoms with Gasteiger partial charge in [-0.2, -0.15) is 0 Å². The van der Waals surface area contributed by atoms with Gasteiger partial charge in [0.05, 0.1) is 6.10 Å². The third-order valence-corrected chi connectivity index (χ3v) is 2.04. The lowest BCUT2D eigenvalue weighted by atomic mass is 10.3. The topological polar surface area (TPSA) is 29.5 Å². The third kappa shape index (κ3) is 1.64. The average molecular weight is 161 g/mol. The zero-order chi connectivity index (χ0) is 7.56. The van der Waals surface area contributed by atoms with E-state index < -0.39 is 0 Å². The van der Waals surface area contributed by atoms with Crippen molar-refractivity contribution >= 4 is 18.8 Å². The second-order valence-electron chi connectivity index (χ2n) is 2.48. The number of thiol groups is 1. The Morgan fingerprint density at radius 1 is 1.80 bits per heavy atom. The predicted octanol–water partition coefficient (Wildman–Crippen LogP) is 0.469. The monoisotopic (exact) mass is 161 g/mol. The summed E-state index contributed by atoms with van der Waals surface area (Å²) in [5.74, 6) is 0.118. The first-order valence-corrected chi connectivity index (χ1v) is 3.66. The van der Waals surface area contributed by atoms with Gasteiger partial charge in [0, 0.05) is 20.0 Å². The number of likely N-dealkylation sites (tertiary alicyclic amines) is 1. The summed E-state index contributed by atoms with van der Waals surface area (Å²) in [6.45, 7) is 3.07. The van der Waals surface area contributed by atoms with Gasteiger partial charge in [-0.3, -0.25) is 4.79 Å². The van der Waals surface area contributed by atoms with Gasteiger partial charge in [-0.25, -0.2) is 0 Å². The van der Waals surface area contributed by atoms with Crippen LogP contribution in [0.4, 0.5) is 0 Å². The fraction of sp³-hybridized carbons (Fsp3) is 0.833. The van der Waals surface area contributed by atoms with Gasteiger partial charge in [-0.05, 0) is 19.3 Å². The molecule has 0 saturated carbocycles. The number of hydrogen-bond donors (Lipinski definition) is 1. The SMILES string of the molecule is CC(=O)N1CCC(OS)C1. The quantitative estimate of drug-likeness (QED) is 0.447. The molecule has 0 N–H and O–H groups in total. The predicted molar refractivity (Wildman–Crippen MR) is 40.7 cm³/mol. The fourth-order valence-electron chi connectivity index (χ4n) is 1.10. The second-order valence-corrected chi connectivity index (χ2v) is 2.69. The van der Waals surface area contributed by atoms with E-state index in [1.165, 1.54) is 0 Å². The molecule has 1 aliphatic heterocycles. The highest BCUT2D eigenvalue weighted by Crippen LogP contribution is 2.13. The van der Waals surface area contributed by atoms with Crippen LogP contribution in [0, 0.1) is 0 Å². The summed E-state index contributed by atoms with van der Waals surface area (Å²) in [5.41, 5.74) is 0. The summed E-state index contributed by atoms with van der Waals surface area (Å²) >= 11 is 3.69. The van der Waals surface area contributed by atoms with Crippen molar-refractivity contribution in [1.82, 2.24) is 4.90 Å². The molecule has 0 radical (unpaired) electrons. The summed E-state index contributed by atoms with van der Waals surface area (Å²) in [5, 5.41) is 0. The van der Waals surface area contributed by atoms with E-state index in [1.807, 2.05) is 0 Å². The lowest BCUT2D eigenvalue weighted by Gasteiger charge is -2.11. The molecule has 1 aliphatic rings. The van der Waals surface area contributed by atoms with Crippen molar-refractivity contribution in [3.63, 3.8) is 0 Å². The van der Waals surface area contributed by atoms with Gasteiger partial charge in [-0.1, -0.05) is 0 Å². The highest BCUT2D eigenvalue weighted by atomic mass is 32.1. The first-order valence-electron chi connectivity index (χ1n) is 3.29. The number of rotatable bonds is 1. The number of nitrogens with zero attached hydrogens (tertiary/aromatic N) is 1. The molecule has 0 aromatic heterocycles. The first kappa shape index (κ1) is 7.88. The number of carbonyl (C=O) groups excluding carboxylic acids is 1.